The van der Waals surface area contributed by atoms with Crippen LogP contribution in [0.15, 0.2) is 152 Å². The third kappa shape index (κ3) is 5.49. The van der Waals surface area contributed by atoms with Crippen molar-refractivity contribution in [1.29, 1.82) is 0 Å². The number of para-hydroxylation sites is 2. The van der Waals surface area contributed by atoms with E-state index >= 15 is 0 Å². The Morgan fingerprint density at radius 1 is 0.685 bits per heavy atom. The molecule has 6 aromatic carbocycles. The van der Waals surface area contributed by atoms with Crippen molar-refractivity contribution in [1.82, 2.24) is 18.7 Å². The summed E-state index contributed by atoms with van der Waals surface area (Å²) in [6.45, 7) is -4.72. The molecule has 1 aliphatic rings. The minimum absolute atomic E-state index is 0.0838. The number of rotatable bonds is 6. The molecule has 0 radical (unpaired) electrons. The first-order valence-electron chi connectivity index (χ1n) is 21.1. The number of aromatic nitrogens is 4. The van der Waals surface area contributed by atoms with Crippen molar-refractivity contribution < 1.29 is 32.3 Å². The molecule has 0 bridgehead atoms. The molecule has 1 unspecified atom stereocenters. The van der Waals surface area contributed by atoms with E-state index in [1.165, 1.54) is 10.1 Å². The summed E-state index contributed by atoms with van der Waals surface area (Å²) in [5.41, 5.74) is 9.33. The third-order valence-corrected chi connectivity index (χ3v) is 11.8. The fourth-order valence-electron chi connectivity index (χ4n) is 8.19. The molecule has 6 heteroatoms. The maximum absolute atomic E-state index is 8.56. The number of fused-ring (bicyclic) bond motifs is 5. The van der Waals surface area contributed by atoms with Crippen LogP contribution in [0.2, 0.25) is 0 Å². The first kappa shape index (κ1) is 26.9. The summed E-state index contributed by atoms with van der Waals surface area (Å²) in [6, 6.07) is 47.7. The quantitative estimate of drug-likeness (QED) is 0.167. The molecule has 0 N–H and O–H groups in total. The average molecular weight is 888 g/mol. The van der Waals surface area contributed by atoms with Gasteiger partial charge in [0.15, 0.2) is 0 Å². The molecule has 266 valence electrons. The van der Waals surface area contributed by atoms with Gasteiger partial charge in [-0.25, -0.2) is 4.98 Å². The minimum atomic E-state index is -2.39. The van der Waals surface area contributed by atoms with Crippen molar-refractivity contribution in [3.05, 3.63) is 172 Å². The fourth-order valence-corrected chi connectivity index (χ4v) is 9.09. The van der Waals surface area contributed by atoms with Crippen molar-refractivity contribution in [3.8, 4) is 39.6 Å². The van der Waals surface area contributed by atoms with Gasteiger partial charge in [0.1, 0.15) is 0 Å². The Hall–Kier alpha value is -5.77. The molecule has 3 heterocycles. The van der Waals surface area contributed by atoms with Gasteiger partial charge in [0.25, 0.3) is 0 Å². The van der Waals surface area contributed by atoms with Crippen LogP contribution in [0.3, 0.4) is 0 Å². The van der Waals surface area contributed by atoms with Gasteiger partial charge in [-0.05, 0) is 47.3 Å². The van der Waals surface area contributed by atoms with Crippen molar-refractivity contribution in [2.45, 2.75) is 32.2 Å². The number of nitrogens with zero attached hydrogens (tertiary/aromatic N) is 4. The normalized spacial score (nSPS) is 16.3. The predicted octanol–water partition coefficient (Wildman–Crippen LogP) is 11.9. The summed E-state index contributed by atoms with van der Waals surface area (Å²) >= 11 is 2.16. The maximum Gasteiger partial charge on any atom is 0.0374 e. The van der Waals surface area contributed by atoms with E-state index in [0.717, 1.165) is 68.8 Å². The Balaban J connectivity index is 1.11. The van der Waals surface area contributed by atoms with Crippen LogP contribution in [0.4, 0.5) is 0 Å². The molecule has 0 saturated carbocycles. The maximum atomic E-state index is 8.56. The number of hydrogen-bond acceptors (Lipinski definition) is 2. The van der Waals surface area contributed by atoms with Crippen LogP contribution < -0.4 is 4.74 Å². The smallest absolute Gasteiger partial charge is 0.0374 e. The molecule has 0 amide bonds. The van der Waals surface area contributed by atoms with Gasteiger partial charge in [0.2, 0.25) is 0 Å². The van der Waals surface area contributed by atoms with Crippen LogP contribution in [-0.4, -0.2) is 18.7 Å². The molecule has 54 heavy (non-hydrogen) atoms. The Bertz CT molecular complexity index is 3170. The number of hydrogen-bond donors (Lipinski definition) is 0. The zero-order chi connectivity index (χ0) is 41.3. The molecule has 0 spiro atoms. The second kappa shape index (κ2) is 13.3. The van der Waals surface area contributed by atoms with E-state index in [0.29, 0.717) is 32.2 Å². The Kier molecular flexibility index (Phi) is 6.61. The zero-order valence-electron chi connectivity index (χ0n) is 35.1. The molecule has 0 saturated heterocycles. The molecule has 1 atom stereocenters. The van der Waals surface area contributed by atoms with E-state index in [-0.39, 0.29) is 11.6 Å². The monoisotopic (exact) mass is 887 g/mol. The van der Waals surface area contributed by atoms with Gasteiger partial charge in [-0.2, -0.15) is 0 Å². The minimum Gasteiger partial charge on any atom is -0.238 e. The van der Waals surface area contributed by atoms with Gasteiger partial charge in [0, 0.05) is 15.9 Å². The van der Waals surface area contributed by atoms with Crippen molar-refractivity contribution in [2.75, 3.05) is 0 Å². The zero-order valence-corrected chi connectivity index (χ0v) is 31.4. The topological polar surface area (TPSA) is 36.9 Å². The molecule has 0 aliphatic heterocycles. The van der Waals surface area contributed by atoms with Crippen LogP contribution in [0.25, 0.3) is 60.9 Å². The molecule has 10 rings (SSSR count). The summed E-state index contributed by atoms with van der Waals surface area (Å²) < 4.78 is 63.8. The number of aryl methyl sites for hydroxylation is 3. The molecule has 3 aromatic heterocycles. The van der Waals surface area contributed by atoms with E-state index in [1.807, 2.05) is 95.6 Å². The van der Waals surface area contributed by atoms with Crippen molar-refractivity contribution in [3.63, 3.8) is 0 Å². The fraction of sp³-hybridized carbons (Fsp3) is 0.125. The van der Waals surface area contributed by atoms with E-state index in [1.54, 1.807) is 12.3 Å². The first-order chi connectivity index (χ1) is 28.9. The largest absolute Gasteiger partial charge is 0.238 e. The van der Waals surface area contributed by atoms with Crippen LogP contribution in [0, 0.1) is 10.7 Å². The Morgan fingerprint density at radius 3 is 2.26 bits per heavy atom. The molecular formula is C48H38N4OPt. The van der Waals surface area contributed by atoms with E-state index in [9.17, 15) is 0 Å². The SMILES string of the molecule is [2H]C([2H])([2H])c1cc(-n2c3ccc(-c4ccccc4)cc3c3ccc(Oc4ccc5c(c4)C(n4[c](=[Pt])n(C([2H])([2H])[2H])c6ccccc64)CCC5)cc32)ncc1-c1ccccc1. The van der Waals surface area contributed by atoms with Gasteiger partial charge in [-0.3, -0.25) is 0 Å². The summed E-state index contributed by atoms with van der Waals surface area (Å²) in [5, 5.41) is 1.98. The van der Waals surface area contributed by atoms with Crippen molar-refractivity contribution in [2.24, 2.45) is 6.98 Å². The second-order valence-electron chi connectivity index (χ2n) is 13.9. The Morgan fingerprint density at radius 2 is 1.44 bits per heavy atom. The second-order valence-corrected chi connectivity index (χ2v) is 14.9. The van der Waals surface area contributed by atoms with Gasteiger partial charge in [-0.15, -0.1) is 0 Å². The first-order valence-corrected chi connectivity index (χ1v) is 19.3. The average Bonchev–Trinajstić information content (AvgIpc) is 3.74. The molecule has 5 nitrogen and oxygen atoms in total. The summed E-state index contributed by atoms with van der Waals surface area (Å²) in [5.74, 6) is 1.77. The van der Waals surface area contributed by atoms with Crippen LogP contribution in [0.5, 0.6) is 11.5 Å². The van der Waals surface area contributed by atoms with Crippen LogP contribution in [-0.2, 0) is 32.8 Å². The van der Waals surface area contributed by atoms with E-state index in [2.05, 4.69) is 72.5 Å². The molecule has 0 fully saturated rings. The molecule has 1 aliphatic carbocycles. The van der Waals surface area contributed by atoms with Gasteiger partial charge < -0.3 is 0 Å². The van der Waals surface area contributed by atoms with Gasteiger partial charge in [-0.1, -0.05) is 66.7 Å². The number of pyridine rings is 1. The number of ether oxygens (including phenoxy) is 1. The number of benzene rings is 6. The van der Waals surface area contributed by atoms with Gasteiger partial charge >= 0.3 is 200 Å². The van der Waals surface area contributed by atoms with Crippen molar-refractivity contribution >= 4 is 32.8 Å². The van der Waals surface area contributed by atoms with Crippen LogP contribution >= 0.6 is 0 Å². The Labute approximate surface area is 333 Å². The molecular weight excluding hydrogens is 844 g/mol. The summed E-state index contributed by atoms with van der Waals surface area (Å²) in [6.07, 6.45) is 4.43. The number of imidazole rings is 1. The summed E-state index contributed by atoms with van der Waals surface area (Å²) in [4.78, 5) is 4.93. The third-order valence-electron chi connectivity index (χ3n) is 10.7. The standard InChI is InChI=1S/C48H38N4O.Pt/c1-32-26-48(49-30-42(32)34-14-7-4-8-15-34)52-44-25-21-36(33-12-5-3-6-13-33)27-41(44)39-24-23-38(29-47(39)52)53-37-22-20-35-16-11-19-43(40(35)28-37)51-31-50(2)45-17-9-10-18-46(45)51;/h3-10,12-15,17-18,20-30,43H,11,16,19H2,1-2H3;/i1D3,2D3;. The summed E-state index contributed by atoms with van der Waals surface area (Å²) in [7, 11) is 0. The predicted molar refractivity (Wildman–Crippen MR) is 216 cm³/mol. The molecule has 9 aromatic rings. The van der Waals surface area contributed by atoms with Crippen LogP contribution in [0.1, 0.15) is 43.8 Å². The van der Waals surface area contributed by atoms with E-state index in [4.69, 9.17) is 17.9 Å². The van der Waals surface area contributed by atoms with Gasteiger partial charge in [0.05, 0.1) is 0 Å². The van der Waals surface area contributed by atoms with E-state index < -0.39 is 13.8 Å².